The van der Waals surface area contributed by atoms with Crippen molar-refractivity contribution in [2.24, 2.45) is 5.73 Å². The average Bonchev–Trinajstić information content (AvgIpc) is 2.60. The molecule has 0 spiro atoms. The second kappa shape index (κ2) is 9.48. The number of hydrogen-bond donors (Lipinski definition) is 2. The highest BCUT2D eigenvalue weighted by molar-refractivity contribution is 6.04. The zero-order valence-electron chi connectivity index (χ0n) is 14.9. The molecule has 3 N–H and O–H groups in total. The van der Waals surface area contributed by atoms with E-state index < -0.39 is 0 Å². The molecule has 130 valence electrons. The molecule has 3 heteroatoms. The van der Waals surface area contributed by atoms with Crippen LogP contribution in [0.2, 0.25) is 0 Å². The fourth-order valence-corrected chi connectivity index (χ4v) is 2.56. The van der Waals surface area contributed by atoms with Gasteiger partial charge in [0.2, 0.25) is 0 Å². The van der Waals surface area contributed by atoms with Gasteiger partial charge in [-0.15, -0.1) is 0 Å². The molecule has 0 amide bonds. The minimum absolute atomic E-state index is 0.0995. The molecule has 25 heavy (non-hydrogen) atoms. The van der Waals surface area contributed by atoms with E-state index >= 15 is 0 Å². The Morgan fingerprint density at radius 3 is 2.20 bits per heavy atom. The van der Waals surface area contributed by atoms with Gasteiger partial charge in [-0.05, 0) is 37.8 Å². The molecule has 0 unspecified atom stereocenters. The lowest BCUT2D eigenvalue weighted by Crippen LogP contribution is -2.23. The van der Waals surface area contributed by atoms with Gasteiger partial charge in [-0.25, -0.2) is 0 Å². The van der Waals surface area contributed by atoms with Gasteiger partial charge in [0.25, 0.3) is 0 Å². The van der Waals surface area contributed by atoms with Crippen molar-refractivity contribution in [2.45, 2.75) is 32.7 Å². The predicted octanol–water partition coefficient (Wildman–Crippen LogP) is 4.07. The smallest absolute Gasteiger partial charge is 0.182 e. The molecule has 0 aliphatic rings. The van der Waals surface area contributed by atoms with E-state index in [0.29, 0.717) is 5.70 Å². The molecule has 2 aromatic carbocycles. The number of aryl methyl sites for hydroxylation is 1. The summed E-state index contributed by atoms with van der Waals surface area (Å²) < 4.78 is 0. The molecule has 2 aromatic rings. The molecule has 2 rings (SSSR count). The number of allylic oxidation sites excluding steroid dienone is 3. The summed E-state index contributed by atoms with van der Waals surface area (Å²) in [6, 6.07) is 20.1. The highest BCUT2D eigenvalue weighted by atomic mass is 16.1. The van der Waals surface area contributed by atoms with Gasteiger partial charge < -0.3 is 11.1 Å². The van der Waals surface area contributed by atoms with Crippen LogP contribution in [0.15, 0.2) is 78.5 Å². The van der Waals surface area contributed by atoms with Crippen LogP contribution in [0.5, 0.6) is 0 Å². The first-order valence-electron chi connectivity index (χ1n) is 8.62. The molecular weight excluding hydrogens is 308 g/mol. The number of nitrogens with two attached hydrogens (primary N) is 1. The van der Waals surface area contributed by atoms with Crippen LogP contribution in [-0.2, 0) is 11.2 Å². The number of ketones is 1. The van der Waals surface area contributed by atoms with Crippen LogP contribution in [0, 0.1) is 0 Å². The van der Waals surface area contributed by atoms with Gasteiger partial charge in [0.1, 0.15) is 0 Å². The minimum atomic E-state index is -0.0995. The zero-order valence-corrected chi connectivity index (χ0v) is 14.9. The first-order valence-corrected chi connectivity index (χ1v) is 8.62. The number of benzene rings is 2. The maximum atomic E-state index is 12.4. The Kier molecular flexibility index (Phi) is 7.02. The van der Waals surface area contributed by atoms with E-state index in [1.54, 1.807) is 6.08 Å². The van der Waals surface area contributed by atoms with Crippen LogP contribution in [0.1, 0.15) is 31.4 Å². The van der Waals surface area contributed by atoms with Crippen LogP contribution < -0.4 is 11.1 Å². The highest BCUT2D eigenvalue weighted by Gasteiger charge is 2.05. The fourth-order valence-electron chi connectivity index (χ4n) is 2.56. The molecule has 0 heterocycles. The number of rotatable bonds is 8. The SMILES string of the molecule is CC(C)N/C(=C\C(=O)/C=C(\N)c1ccccc1)CCc1ccccc1. The van der Waals surface area contributed by atoms with E-state index in [-0.39, 0.29) is 11.8 Å². The van der Waals surface area contributed by atoms with E-state index in [1.807, 2.05) is 48.5 Å². The normalized spacial score (nSPS) is 12.3. The van der Waals surface area contributed by atoms with Crippen molar-refractivity contribution in [1.82, 2.24) is 5.32 Å². The third-order valence-electron chi connectivity index (χ3n) is 3.72. The quantitative estimate of drug-likeness (QED) is 0.716. The monoisotopic (exact) mass is 334 g/mol. The molecule has 0 aliphatic heterocycles. The molecule has 0 aromatic heterocycles. The van der Waals surface area contributed by atoms with Gasteiger partial charge in [-0.3, -0.25) is 4.79 Å². The van der Waals surface area contributed by atoms with Crippen molar-refractivity contribution < 1.29 is 4.79 Å². The molecular formula is C22H26N2O. The first kappa shape index (κ1) is 18.5. The van der Waals surface area contributed by atoms with Crippen LogP contribution in [-0.4, -0.2) is 11.8 Å². The number of nitrogens with one attached hydrogen (secondary N) is 1. The van der Waals surface area contributed by atoms with E-state index in [2.05, 4.69) is 31.3 Å². The second-order valence-corrected chi connectivity index (χ2v) is 6.32. The Bertz CT molecular complexity index is 731. The van der Waals surface area contributed by atoms with Crippen molar-refractivity contribution in [3.05, 3.63) is 89.6 Å². The molecule has 3 nitrogen and oxygen atoms in total. The van der Waals surface area contributed by atoms with Crippen LogP contribution >= 0.6 is 0 Å². The summed E-state index contributed by atoms with van der Waals surface area (Å²) >= 11 is 0. The second-order valence-electron chi connectivity index (χ2n) is 6.32. The van der Waals surface area contributed by atoms with Crippen molar-refractivity contribution in [3.8, 4) is 0 Å². The largest absolute Gasteiger partial charge is 0.398 e. The highest BCUT2D eigenvalue weighted by Crippen LogP contribution is 2.11. The molecule has 0 saturated carbocycles. The van der Waals surface area contributed by atoms with Gasteiger partial charge in [0.15, 0.2) is 5.78 Å². The van der Waals surface area contributed by atoms with Gasteiger partial charge in [-0.2, -0.15) is 0 Å². The molecule has 0 bridgehead atoms. The van der Waals surface area contributed by atoms with E-state index in [4.69, 9.17) is 5.73 Å². The van der Waals surface area contributed by atoms with Gasteiger partial charge in [-0.1, -0.05) is 60.7 Å². The van der Waals surface area contributed by atoms with Gasteiger partial charge >= 0.3 is 0 Å². The summed E-state index contributed by atoms with van der Waals surface area (Å²) in [4.78, 5) is 12.4. The maximum Gasteiger partial charge on any atom is 0.182 e. The lowest BCUT2D eigenvalue weighted by molar-refractivity contribution is -0.110. The summed E-state index contributed by atoms with van der Waals surface area (Å²) in [6.07, 6.45) is 4.81. The van der Waals surface area contributed by atoms with E-state index in [0.717, 1.165) is 24.1 Å². The molecule has 0 fully saturated rings. The van der Waals surface area contributed by atoms with Gasteiger partial charge in [0, 0.05) is 29.6 Å². The van der Waals surface area contributed by atoms with Gasteiger partial charge in [0.05, 0.1) is 0 Å². The van der Waals surface area contributed by atoms with Crippen LogP contribution in [0.25, 0.3) is 5.70 Å². The maximum absolute atomic E-state index is 12.4. The third kappa shape index (κ3) is 6.68. The summed E-state index contributed by atoms with van der Waals surface area (Å²) in [5, 5.41) is 3.36. The Hall–Kier alpha value is -2.81. The molecule has 0 aliphatic carbocycles. The van der Waals surface area contributed by atoms with Crippen molar-refractivity contribution in [2.75, 3.05) is 0 Å². The Morgan fingerprint density at radius 2 is 1.60 bits per heavy atom. The lowest BCUT2D eigenvalue weighted by Gasteiger charge is -2.14. The molecule has 0 atom stereocenters. The van der Waals surface area contributed by atoms with E-state index in [1.165, 1.54) is 11.6 Å². The first-order chi connectivity index (χ1) is 12.0. The number of carbonyl (C=O) groups is 1. The summed E-state index contributed by atoms with van der Waals surface area (Å²) in [5.74, 6) is -0.0995. The number of hydrogen-bond acceptors (Lipinski definition) is 3. The van der Waals surface area contributed by atoms with Crippen molar-refractivity contribution >= 4 is 11.5 Å². The molecule has 0 radical (unpaired) electrons. The van der Waals surface area contributed by atoms with Crippen LogP contribution in [0.4, 0.5) is 0 Å². The van der Waals surface area contributed by atoms with Crippen molar-refractivity contribution in [1.29, 1.82) is 0 Å². The summed E-state index contributed by atoms with van der Waals surface area (Å²) in [5.41, 5.74) is 9.55. The Balaban J connectivity index is 2.08. The Labute approximate surface area is 150 Å². The van der Waals surface area contributed by atoms with Crippen molar-refractivity contribution in [3.63, 3.8) is 0 Å². The fraction of sp³-hybridized carbons (Fsp3) is 0.227. The lowest BCUT2D eigenvalue weighted by atomic mass is 10.1. The summed E-state index contributed by atoms with van der Waals surface area (Å²) in [7, 11) is 0. The Morgan fingerprint density at radius 1 is 1.00 bits per heavy atom. The zero-order chi connectivity index (χ0) is 18.1. The topological polar surface area (TPSA) is 55.1 Å². The predicted molar refractivity (Wildman–Crippen MR) is 105 cm³/mol. The number of carbonyl (C=O) groups excluding carboxylic acids is 1. The summed E-state index contributed by atoms with van der Waals surface area (Å²) in [6.45, 7) is 4.13. The minimum Gasteiger partial charge on any atom is -0.398 e. The van der Waals surface area contributed by atoms with E-state index in [9.17, 15) is 4.79 Å². The average molecular weight is 334 g/mol. The van der Waals surface area contributed by atoms with Crippen LogP contribution in [0.3, 0.4) is 0 Å². The third-order valence-corrected chi connectivity index (χ3v) is 3.72. The standard InChI is InChI=1S/C22H26N2O/c1-17(2)24-20(14-13-18-9-5-3-6-10-18)15-21(25)16-22(23)19-11-7-4-8-12-19/h3-12,15-17,24H,13-14,23H2,1-2H3/b20-15-,22-16-. The molecule has 0 saturated heterocycles.